The van der Waals surface area contributed by atoms with E-state index in [4.69, 9.17) is 9.15 Å². The van der Waals surface area contributed by atoms with E-state index in [0.717, 1.165) is 21.1 Å². The normalized spacial score (nSPS) is 10.9. The second-order valence-electron chi connectivity index (χ2n) is 8.25. The maximum Gasteiger partial charge on any atom is 0.271 e. The Labute approximate surface area is 196 Å². The molecule has 172 valence electrons. The number of benzene rings is 2. The number of carbonyl (C=O) groups is 1. The molecule has 2 aromatic carbocycles. The SMILES string of the molecule is COc1ccc(CCn2c(O)c(C(=O)c3oc4cc(C)ccc4c3C)c(C)c(C#N)c2=O)cc1. The van der Waals surface area contributed by atoms with Gasteiger partial charge in [0.25, 0.3) is 5.56 Å². The van der Waals surface area contributed by atoms with Crippen LogP contribution < -0.4 is 10.3 Å². The Morgan fingerprint density at radius 3 is 2.47 bits per heavy atom. The first kappa shape index (κ1) is 22.9. The van der Waals surface area contributed by atoms with Crippen molar-refractivity contribution in [1.82, 2.24) is 4.57 Å². The molecule has 2 heterocycles. The Morgan fingerprint density at radius 1 is 1.12 bits per heavy atom. The first-order valence-electron chi connectivity index (χ1n) is 10.8. The number of carbonyl (C=O) groups excluding carboxylic acids is 1. The van der Waals surface area contributed by atoms with Gasteiger partial charge in [-0.05, 0) is 62.1 Å². The number of aromatic nitrogens is 1. The van der Waals surface area contributed by atoms with Crippen LogP contribution in [0.1, 0.15) is 43.9 Å². The molecule has 4 aromatic rings. The lowest BCUT2D eigenvalue weighted by Crippen LogP contribution is -2.27. The molecule has 4 rings (SSSR count). The van der Waals surface area contributed by atoms with Gasteiger partial charge in [-0.25, -0.2) is 0 Å². The van der Waals surface area contributed by atoms with Crippen molar-refractivity contribution in [3.8, 4) is 17.7 Å². The molecular weight excluding hydrogens is 432 g/mol. The lowest BCUT2D eigenvalue weighted by molar-refractivity contribution is 0.100. The van der Waals surface area contributed by atoms with Crippen molar-refractivity contribution < 1.29 is 19.1 Å². The van der Waals surface area contributed by atoms with Crippen molar-refractivity contribution in [3.05, 3.63) is 92.0 Å². The molecule has 2 aromatic heterocycles. The minimum absolute atomic E-state index is 0.0724. The molecule has 0 aliphatic carbocycles. The van der Waals surface area contributed by atoms with E-state index in [9.17, 15) is 20.0 Å². The molecular formula is C27H24N2O5. The number of rotatable bonds is 6. The lowest BCUT2D eigenvalue weighted by Gasteiger charge is -2.15. The molecule has 0 bridgehead atoms. The van der Waals surface area contributed by atoms with E-state index in [2.05, 4.69) is 0 Å². The summed E-state index contributed by atoms with van der Waals surface area (Å²) in [6.07, 6.45) is 0.405. The van der Waals surface area contributed by atoms with Crippen LogP contribution in [0, 0.1) is 32.1 Å². The van der Waals surface area contributed by atoms with Crippen molar-refractivity contribution >= 4 is 16.8 Å². The number of aryl methyl sites for hydroxylation is 3. The second kappa shape index (κ2) is 8.91. The van der Waals surface area contributed by atoms with E-state index in [0.29, 0.717) is 23.3 Å². The summed E-state index contributed by atoms with van der Waals surface area (Å²) < 4.78 is 12.1. The number of nitrogens with zero attached hydrogens (tertiary/aromatic N) is 2. The van der Waals surface area contributed by atoms with Crippen molar-refractivity contribution in [2.24, 2.45) is 0 Å². The van der Waals surface area contributed by atoms with Gasteiger partial charge in [-0.15, -0.1) is 0 Å². The first-order chi connectivity index (χ1) is 16.3. The fourth-order valence-electron chi connectivity index (χ4n) is 4.13. The maximum atomic E-state index is 13.5. The highest BCUT2D eigenvalue weighted by atomic mass is 16.5. The molecule has 0 radical (unpaired) electrons. The number of nitriles is 1. The van der Waals surface area contributed by atoms with Crippen molar-refractivity contribution in [1.29, 1.82) is 5.26 Å². The largest absolute Gasteiger partial charge is 0.497 e. The zero-order chi connectivity index (χ0) is 24.6. The van der Waals surface area contributed by atoms with Gasteiger partial charge < -0.3 is 14.3 Å². The molecule has 7 heteroatoms. The van der Waals surface area contributed by atoms with Crippen LogP contribution in [0.15, 0.2) is 51.7 Å². The molecule has 0 spiro atoms. The van der Waals surface area contributed by atoms with Crippen LogP contribution in [0.2, 0.25) is 0 Å². The number of hydrogen-bond acceptors (Lipinski definition) is 6. The van der Waals surface area contributed by atoms with Crippen LogP contribution >= 0.6 is 0 Å². The standard InChI is InChI=1S/C27H24N2O5/c1-15-5-10-20-17(3)25(34-22(20)13-15)24(30)23-16(2)21(14-28)26(31)29(27(23)32)12-11-18-6-8-19(33-4)9-7-18/h5-10,13,32H,11-12H2,1-4H3. The van der Waals surface area contributed by atoms with Crippen molar-refractivity contribution in [2.45, 2.75) is 33.7 Å². The highest BCUT2D eigenvalue weighted by Gasteiger charge is 2.28. The maximum absolute atomic E-state index is 13.5. The van der Waals surface area contributed by atoms with Crippen LogP contribution in [0.25, 0.3) is 11.0 Å². The number of methoxy groups -OCH3 is 1. The average Bonchev–Trinajstić information content (AvgIpc) is 3.15. The molecule has 1 N–H and O–H groups in total. The third-order valence-electron chi connectivity index (χ3n) is 6.11. The number of aromatic hydroxyl groups is 1. The molecule has 34 heavy (non-hydrogen) atoms. The van der Waals surface area contributed by atoms with Crippen LogP contribution in [-0.4, -0.2) is 22.6 Å². The van der Waals surface area contributed by atoms with Gasteiger partial charge in [-0.1, -0.05) is 24.3 Å². The smallest absolute Gasteiger partial charge is 0.271 e. The summed E-state index contributed by atoms with van der Waals surface area (Å²) >= 11 is 0. The van der Waals surface area contributed by atoms with Crippen LogP contribution in [-0.2, 0) is 13.0 Å². The topological polar surface area (TPSA) is 105 Å². The van der Waals surface area contributed by atoms with Gasteiger partial charge in [0.15, 0.2) is 5.76 Å². The summed E-state index contributed by atoms with van der Waals surface area (Å²) in [5.74, 6) is -0.273. The highest BCUT2D eigenvalue weighted by Crippen LogP contribution is 2.31. The second-order valence-corrected chi connectivity index (χ2v) is 8.25. The van der Waals surface area contributed by atoms with E-state index < -0.39 is 17.2 Å². The fourth-order valence-corrected chi connectivity index (χ4v) is 4.13. The predicted octanol–water partition coefficient (Wildman–Crippen LogP) is 4.58. The van der Waals surface area contributed by atoms with Gasteiger partial charge in [0.2, 0.25) is 11.7 Å². The molecule has 0 aliphatic rings. The number of ketones is 1. The molecule has 0 unspecified atom stereocenters. The third-order valence-corrected chi connectivity index (χ3v) is 6.11. The summed E-state index contributed by atoms with van der Waals surface area (Å²) in [6.45, 7) is 5.27. The Bertz CT molecular complexity index is 1520. The van der Waals surface area contributed by atoms with Gasteiger partial charge in [-0.3, -0.25) is 14.2 Å². The Morgan fingerprint density at radius 2 is 1.82 bits per heavy atom. The zero-order valence-corrected chi connectivity index (χ0v) is 19.4. The molecule has 0 saturated heterocycles. The molecule has 7 nitrogen and oxygen atoms in total. The van der Waals surface area contributed by atoms with Crippen LogP contribution in [0.4, 0.5) is 0 Å². The summed E-state index contributed by atoms with van der Waals surface area (Å²) in [5, 5.41) is 21.5. The van der Waals surface area contributed by atoms with Crippen LogP contribution in [0.3, 0.4) is 0 Å². The van der Waals surface area contributed by atoms with Crippen molar-refractivity contribution in [2.75, 3.05) is 7.11 Å². The number of pyridine rings is 1. The number of ether oxygens (including phenoxy) is 1. The highest BCUT2D eigenvalue weighted by molar-refractivity contribution is 6.12. The van der Waals surface area contributed by atoms with E-state index in [1.807, 2.05) is 43.3 Å². The third kappa shape index (κ3) is 3.84. The predicted molar refractivity (Wildman–Crippen MR) is 128 cm³/mol. The average molecular weight is 456 g/mol. The quantitative estimate of drug-likeness (QED) is 0.426. The first-order valence-corrected chi connectivity index (χ1v) is 10.8. The van der Waals surface area contributed by atoms with Gasteiger partial charge in [0.05, 0.1) is 12.7 Å². The molecule has 0 atom stereocenters. The number of furan rings is 1. The molecule has 0 amide bonds. The van der Waals surface area contributed by atoms with E-state index >= 15 is 0 Å². The van der Waals surface area contributed by atoms with Gasteiger partial charge in [0, 0.05) is 17.5 Å². The van der Waals surface area contributed by atoms with E-state index in [1.165, 1.54) is 6.92 Å². The minimum atomic E-state index is -0.639. The number of fused-ring (bicyclic) bond motifs is 1. The van der Waals surface area contributed by atoms with Gasteiger partial charge >= 0.3 is 0 Å². The Balaban J connectivity index is 1.80. The zero-order valence-electron chi connectivity index (χ0n) is 19.4. The minimum Gasteiger partial charge on any atom is -0.497 e. The Hall–Kier alpha value is -4.31. The summed E-state index contributed by atoms with van der Waals surface area (Å²) in [4.78, 5) is 26.5. The number of hydrogen-bond donors (Lipinski definition) is 1. The molecule has 0 aliphatic heterocycles. The van der Waals surface area contributed by atoms with E-state index in [-0.39, 0.29) is 29.0 Å². The van der Waals surface area contributed by atoms with Crippen molar-refractivity contribution in [3.63, 3.8) is 0 Å². The molecule has 0 fully saturated rings. The summed E-state index contributed by atoms with van der Waals surface area (Å²) in [7, 11) is 1.58. The summed E-state index contributed by atoms with van der Waals surface area (Å²) in [5.41, 5.74) is 2.29. The van der Waals surface area contributed by atoms with Gasteiger partial charge in [-0.2, -0.15) is 5.26 Å². The molecule has 0 saturated carbocycles. The van der Waals surface area contributed by atoms with Crippen LogP contribution in [0.5, 0.6) is 11.6 Å². The van der Waals surface area contributed by atoms with Gasteiger partial charge in [0.1, 0.15) is 23.0 Å². The lowest BCUT2D eigenvalue weighted by atomic mass is 9.98. The monoisotopic (exact) mass is 456 g/mol. The Kier molecular flexibility index (Phi) is 5.99. The summed E-state index contributed by atoms with van der Waals surface area (Å²) in [6, 6.07) is 14.8. The fraction of sp³-hybridized carbons (Fsp3) is 0.222. The van der Waals surface area contributed by atoms with E-state index in [1.54, 1.807) is 26.2 Å².